The zero-order chi connectivity index (χ0) is 20.0. The molecule has 1 aliphatic heterocycles. The van der Waals surface area contributed by atoms with Crippen LogP contribution in [0.2, 0.25) is 0 Å². The molecule has 2 aromatic heterocycles. The number of carbonyl (C=O) groups excluding carboxylic acids is 1. The van der Waals surface area contributed by atoms with Crippen LogP contribution in [-0.2, 0) is 0 Å². The first-order valence-corrected chi connectivity index (χ1v) is 10.2. The number of para-hydroxylation sites is 1. The van der Waals surface area contributed by atoms with E-state index in [0.717, 1.165) is 21.2 Å². The van der Waals surface area contributed by atoms with Gasteiger partial charge in [0.25, 0.3) is 11.5 Å². The lowest BCUT2D eigenvalue weighted by atomic mass is 10.1. The summed E-state index contributed by atoms with van der Waals surface area (Å²) >= 11 is 1.33. The molecule has 0 fully saturated rings. The Bertz CT molecular complexity index is 1310. The van der Waals surface area contributed by atoms with Crippen LogP contribution in [0.4, 0.5) is 0 Å². The van der Waals surface area contributed by atoms with Gasteiger partial charge in [-0.2, -0.15) is 0 Å². The van der Waals surface area contributed by atoms with E-state index in [9.17, 15) is 9.59 Å². The van der Waals surface area contributed by atoms with Crippen molar-refractivity contribution in [2.24, 2.45) is 0 Å². The molecule has 0 saturated heterocycles. The van der Waals surface area contributed by atoms with Crippen LogP contribution in [0.1, 0.15) is 28.2 Å². The van der Waals surface area contributed by atoms with Gasteiger partial charge in [0.2, 0.25) is 0 Å². The lowest BCUT2D eigenvalue weighted by Gasteiger charge is -2.21. The largest absolute Gasteiger partial charge is 0.486 e. The van der Waals surface area contributed by atoms with Crippen LogP contribution in [0.5, 0.6) is 11.5 Å². The predicted octanol–water partition coefficient (Wildman–Crippen LogP) is 4.01. The van der Waals surface area contributed by atoms with Crippen molar-refractivity contribution < 1.29 is 14.3 Å². The third-order valence-corrected chi connectivity index (χ3v) is 6.20. The van der Waals surface area contributed by atoms with E-state index in [0.29, 0.717) is 35.0 Å². The van der Waals surface area contributed by atoms with Crippen molar-refractivity contribution in [3.63, 3.8) is 0 Å². The molecule has 2 N–H and O–H groups in total. The topological polar surface area (TPSA) is 80.4 Å². The van der Waals surface area contributed by atoms with E-state index in [4.69, 9.17) is 9.47 Å². The Morgan fingerprint density at radius 2 is 1.86 bits per heavy atom. The van der Waals surface area contributed by atoms with Gasteiger partial charge in [0.1, 0.15) is 13.2 Å². The second-order valence-electron chi connectivity index (χ2n) is 6.95. The highest BCUT2D eigenvalue weighted by Gasteiger charge is 2.19. The third kappa shape index (κ3) is 3.13. The second kappa shape index (κ2) is 6.93. The van der Waals surface area contributed by atoms with Gasteiger partial charge in [0.05, 0.1) is 16.3 Å². The Morgan fingerprint density at radius 3 is 2.72 bits per heavy atom. The van der Waals surface area contributed by atoms with E-state index < -0.39 is 0 Å². The van der Waals surface area contributed by atoms with E-state index in [1.807, 2.05) is 49.4 Å². The normalized spacial score (nSPS) is 14.1. The number of aromatic amines is 1. The lowest BCUT2D eigenvalue weighted by Crippen LogP contribution is -2.26. The fourth-order valence-electron chi connectivity index (χ4n) is 3.53. The summed E-state index contributed by atoms with van der Waals surface area (Å²) in [4.78, 5) is 28.6. The second-order valence-corrected chi connectivity index (χ2v) is 8.00. The van der Waals surface area contributed by atoms with Gasteiger partial charge in [-0.3, -0.25) is 9.59 Å². The van der Waals surface area contributed by atoms with Gasteiger partial charge in [-0.05, 0) is 36.8 Å². The maximum atomic E-state index is 12.9. The number of ether oxygens (including phenoxy) is 2. The molecule has 2 aromatic carbocycles. The number of hydrogen-bond donors (Lipinski definition) is 2. The number of amides is 1. The molecule has 1 amide bonds. The van der Waals surface area contributed by atoms with Gasteiger partial charge in [0, 0.05) is 15.6 Å². The molecule has 4 aromatic rings. The van der Waals surface area contributed by atoms with Crippen molar-refractivity contribution in [1.82, 2.24) is 10.3 Å². The highest BCUT2D eigenvalue weighted by Crippen LogP contribution is 2.33. The SMILES string of the molecule is C[C@@H](NC(=O)c1cc2c(=O)[nH]c3ccccc3c2s1)c1ccc2c(c1)OCCO2. The summed E-state index contributed by atoms with van der Waals surface area (Å²) < 4.78 is 12.0. The number of aromatic nitrogens is 1. The molecular formula is C22H18N2O4S. The minimum Gasteiger partial charge on any atom is -0.486 e. The summed E-state index contributed by atoms with van der Waals surface area (Å²) in [5.41, 5.74) is 1.50. The minimum absolute atomic E-state index is 0.186. The Labute approximate surface area is 170 Å². The van der Waals surface area contributed by atoms with Crippen molar-refractivity contribution >= 4 is 38.2 Å². The zero-order valence-electron chi connectivity index (χ0n) is 15.7. The molecule has 0 bridgehead atoms. The highest BCUT2D eigenvalue weighted by atomic mass is 32.1. The Balaban J connectivity index is 1.45. The molecule has 0 spiro atoms. The molecule has 29 heavy (non-hydrogen) atoms. The molecule has 1 atom stereocenters. The number of hydrogen-bond acceptors (Lipinski definition) is 5. The van der Waals surface area contributed by atoms with Crippen LogP contribution in [-0.4, -0.2) is 24.1 Å². The first kappa shape index (κ1) is 17.8. The van der Waals surface area contributed by atoms with Crippen molar-refractivity contribution in [2.75, 3.05) is 13.2 Å². The maximum absolute atomic E-state index is 12.9. The van der Waals surface area contributed by atoms with Gasteiger partial charge in [-0.25, -0.2) is 0 Å². The summed E-state index contributed by atoms with van der Waals surface area (Å²) in [7, 11) is 0. The Morgan fingerprint density at radius 1 is 1.07 bits per heavy atom. The fraction of sp³-hybridized carbons (Fsp3) is 0.182. The number of pyridine rings is 1. The molecule has 7 heteroatoms. The van der Waals surface area contributed by atoms with Gasteiger partial charge < -0.3 is 19.8 Å². The summed E-state index contributed by atoms with van der Waals surface area (Å²) in [6.45, 7) is 2.97. The standard InChI is InChI=1S/C22H18N2O4S/c1-12(13-6-7-17-18(10-13)28-9-8-27-17)23-22(26)19-11-15-20(29-19)14-4-2-3-5-16(14)24-21(15)25/h2-7,10-12H,8-9H2,1H3,(H,23,26)(H,24,25)/t12-/m1/s1. The van der Waals surface area contributed by atoms with Crippen LogP contribution in [0.25, 0.3) is 21.0 Å². The Hall–Kier alpha value is -3.32. The molecule has 0 aliphatic carbocycles. The number of H-pyrrole nitrogens is 1. The van der Waals surface area contributed by atoms with Crippen LogP contribution < -0.4 is 20.3 Å². The van der Waals surface area contributed by atoms with E-state index >= 15 is 0 Å². The first-order chi connectivity index (χ1) is 14.1. The third-order valence-electron chi connectivity index (χ3n) is 5.03. The van der Waals surface area contributed by atoms with E-state index in [2.05, 4.69) is 10.3 Å². The number of benzene rings is 2. The van der Waals surface area contributed by atoms with Gasteiger partial charge in [0.15, 0.2) is 11.5 Å². The van der Waals surface area contributed by atoms with E-state index in [-0.39, 0.29) is 17.5 Å². The number of thiophene rings is 1. The molecule has 0 unspecified atom stereocenters. The summed E-state index contributed by atoms with van der Waals surface area (Å²) in [5.74, 6) is 1.20. The highest BCUT2D eigenvalue weighted by molar-refractivity contribution is 7.21. The van der Waals surface area contributed by atoms with Crippen molar-refractivity contribution in [3.8, 4) is 11.5 Å². The summed E-state index contributed by atoms with van der Waals surface area (Å²) in [5, 5.41) is 4.48. The van der Waals surface area contributed by atoms with Crippen LogP contribution in [0, 0.1) is 0 Å². The van der Waals surface area contributed by atoms with Gasteiger partial charge in [-0.1, -0.05) is 24.3 Å². The number of nitrogens with one attached hydrogen (secondary N) is 2. The summed E-state index contributed by atoms with van der Waals surface area (Å²) in [6, 6.07) is 14.7. The predicted molar refractivity (Wildman–Crippen MR) is 113 cm³/mol. The molecule has 3 heterocycles. The van der Waals surface area contributed by atoms with Crippen LogP contribution in [0.15, 0.2) is 53.3 Å². The van der Waals surface area contributed by atoms with E-state index in [1.54, 1.807) is 6.07 Å². The van der Waals surface area contributed by atoms with Gasteiger partial charge >= 0.3 is 0 Å². The van der Waals surface area contributed by atoms with Crippen LogP contribution >= 0.6 is 11.3 Å². The fourth-order valence-corrected chi connectivity index (χ4v) is 4.63. The molecule has 0 radical (unpaired) electrons. The molecule has 1 aliphatic rings. The van der Waals surface area contributed by atoms with Crippen molar-refractivity contribution in [2.45, 2.75) is 13.0 Å². The summed E-state index contributed by atoms with van der Waals surface area (Å²) in [6.07, 6.45) is 0. The zero-order valence-corrected chi connectivity index (χ0v) is 16.5. The Kier molecular flexibility index (Phi) is 4.24. The molecular weight excluding hydrogens is 388 g/mol. The molecule has 6 nitrogen and oxygen atoms in total. The first-order valence-electron chi connectivity index (χ1n) is 9.35. The minimum atomic E-state index is -0.224. The average Bonchev–Trinajstić information content (AvgIpc) is 3.20. The maximum Gasteiger partial charge on any atom is 0.261 e. The van der Waals surface area contributed by atoms with Crippen LogP contribution in [0.3, 0.4) is 0 Å². The number of fused-ring (bicyclic) bond motifs is 4. The monoisotopic (exact) mass is 406 g/mol. The molecule has 5 rings (SSSR count). The van der Waals surface area contributed by atoms with Crippen molar-refractivity contribution in [3.05, 3.63) is 69.3 Å². The lowest BCUT2D eigenvalue weighted by molar-refractivity contribution is 0.0944. The van der Waals surface area contributed by atoms with Crippen molar-refractivity contribution in [1.29, 1.82) is 0 Å². The van der Waals surface area contributed by atoms with Gasteiger partial charge in [-0.15, -0.1) is 11.3 Å². The average molecular weight is 406 g/mol. The quantitative estimate of drug-likeness (QED) is 0.539. The number of rotatable bonds is 3. The smallest absolute Gasteiger partial charge is 0.261 e. The van der Waals surface area contributed by atoms with E-state index in [1.165, 1.54) is 11.3 Å². The number of carbonyl (C=O) groups is 1. The molecule has 146 valence electrons. The molecule has 0 saturated carbocycles.